The van der Waals surface area contributed by atoms with E-state index in [9.17, 15) is 13.2 Å². The van der Waals surface area contributed by atoms with Gasteiger partial charge in [0.2, 0.25) is 16.8 Å². The molecule has 0 unspecified atom stereocenters. The Morgan fingerprint density at radius 1 is 1.14 bits per heavy atom. The number of nitrogens with one attached hydrogen (secondary N) is 2. The fraction of sp³-hybridized carbons (Fsp3) is 0.316. The first kappa shape index (κ1) is 21.4. The smallest absolute Gasteiger partial charge is 0.252 e. The predicted octanol–water partition coefficient (Wildman–Crippen LogP) is 1.97. The molecule has 2 aromatic rings. The Bertz CT molecular complexity index is 996. The average Bonchev–Trinajstić information content (AvgIpc) is 3.16. The summed E-state index contributed by atoms with van der Waals surface area (Å²) in [4.78, 5) is 12.5. The Labute approximate surface area is 174 Å². The summed E-state index contributed by atoms with van der Waals surface area (Å²) in [7, 11) is -2.29. The summed E-state index contributed by atoms with van der Waals surface area (Å²) in [5.41, 5.74) is 1.06. The molecule has 0 radical (unpaired) electrons. The quantitative estimate of drug-likeness (QED) is 0.578. The maximum atomic E-state index is 12.5. The third kappa shape index (κ3) is 5.39. The number of benzene rings is 2. The number of hydrogen-bond acceptors (Lipinski definition) is 6. The van der Waals surface area contributed by atoms with Crippen LogP contribution in [0.25, 0.3) is 0 Å². The Morgan fingerprint density at radius 2 is 1.93 bits per heavy atom. The molecule has 0 aromatic heterocycles. The van der Waals surface area contributed by atoms with Crippen LogP contribution in [0, 0.1) is 0 Å². The van der Waals surface area contributed by atoms with E-state index in [2.05, 4.69) is 10.0 Å². The molecule has 0 saturated carbocycles. The van der Waals surface area contributed by atoms with Gasteiger partial charge >= 0.3 is 0 Å². The normalized spacial score (nSPS) is 12.8. The molecule has 0 spiro atoms. The third-order valence-corrected chi connectivity index (χ3v) is 6.02. The van der Waals surface area contributed by atoms with Gasteiger partial charge in [-0.3, -0.25) is 4.79 Å². The molecular formula is C19H21ClN2O6S. The van der Waals surface area contributed by atoms with Crippen molar-refractivity contribution in [1.82, 2.24) is 10.0 Å². The van der Waals surface area contributed by atoms with Gasteiger partial charge in [0.15, 0.2) is 11.5 Å². The van der Waals surface area contributed by atoms with Gasteiger partial charge in [-0.25, -0.2) is 13.1 Å². The minimum Gasteiger partial charge on any atom is -0.454 e. The number of halogens is 1. The van der Waals surface area contributed by atoms with E-state index in [1.807, 2.05) is 18.2 Å². The van der Waals surface area contributed by atoms with Crippen LogP contribution < -0.4 is 19.5 Å². The van der Waals surface area contributed by atoms with Crippen molar-refractivity contribution in [3.63, 3.8) is 0 Å². The van der Waals surface area contributed by atoms with Crippen molar-refractivity contribution in [3.05, 3.63) is 52.5 Å². The number of amides is 1. The molecule has 1 heterocycles. The fourth-order valence-electron chi connectivity index (χ4n) is 2.72. The highest BCUT2D eigenvalue weighted by atomic mass is 35.5. The van der Waals surface area contributed by atoms with Crippen LogP contribution in [0.1, 0.15) is 15.9 Å². The summed E-state index contributed by atoms with van der Waals surface area (Å²) in [6, 6.07) is 9.57. The van der Waals surface area contributed by atoms with E-state index in [0.717, 1.165) is 5.56 Å². The lowest BCUT2D eigenvalue weighted by atomic mass is 10.1. The maximum Gasteiger partial charge on any atom is 0.252 e. The zero-order valence-electron chi connectivity index (χ0n) is 15.7. The van der Waals surface area contributed by atoms with Crippen molar-refractivity contribution >= 4 is 27.5 Å². The summed E-state index contributed by atoms with van der Waals surface area (Å²) in [5.74, 6) is 0.919. The van der Waals surface area contributed by atoms with Crippen molar-refractivity contribution in [1.29, 1.82) is 0 Å². The van der Waals surface area contributed by atoms with Gasteiger partial charge in [0.25, 0.3) is 5.91 Å². The molecule has 1 amide bonds. The molecular weight excluding hydrogens is 420 g/mol. The number of ether oxygens (including phenoxy) is 3. The highest BCUT2D eigenvalue weighted by Gasteiger charge is 2.19. The van der Waals surface area contributed by atoms with E-state index in [1.165, 1.54) is 25.3 Å². The SMILES string of the molecule is COCCNS(=O)(=O)c1ccc(Cl)c(C(=O)NCCc2ccc3c(c2)OCO3)c1. The van der Waals surface area contributed by atoms with Gasteiger partial charge in [-0.1, -0.05) is 17.7 Å². The number of sulfonamides is 1. The lowest BCUT2D eigenvalue weighted by Crippen LogP contribution is -2.28. The first-order valence-corrected chi connectivity index (χ1v) is 10.7. The summed E-state index contributed by atoms with van der Waals surface area (Å²) in [5, 5.41) is 2.92. The van der Waals surface area contributed by atoms with Crippen molar-refractivity contribution < 1.29 is 27.4 Å². The molecule has 1 aliphatic heterocycles. The van der Waals surface area contributed by atoms with Crippen molar-refractivity contribution in [3.8, 4) is 11.5 Å². The third-order valence-electron chi connectivity index (χ3n) is 4.23. The van der Waals surface area contributed by atoms with Gasteiger partial charge in [-0.2, -0.15) is 0 Å². The number of carbonyl (C=O) groups is 1. The summed E-state index contributed by atoms with van der Waals surface area (Å²) < 4.78 is 42.5. The minimum absolute atomic E-state index is 0.0427. The Morgan fingerprint density at radius 3 is 2.72 bits per heavy atom. The van der Waals surface area contributed by atoms with E-state index in [0.29, 0.717) is 24.5 Å². The minimum atomic E-state index is -3.77. The van der Waals surface area contributed by atoms with E-state index in [-0.39, 0.29) is 35.4 Å². The predicted molar refractivity (Wildman–Crippen MR) is 107 cm³/mol. The number of carbonyl (C=O) groups excluding carboxylic acids is 1. The molecule has 3 rings (SSSR count). The molecule has 10 heteroatoms. The standard InChI is InChI=1S/C19H21ClN2O6S/c1-26-9-8-22-29(24,25)14-3-4-16(20)15(11-14)19(23)21-7-6-13-2-5-17-18(10-13)28-12-27-17/h2-5,10-11,22H,6-9,12H2,1H3,(H,21,23). The molecule has 2 N–H and O–H groups in total. The molecule has 156 valence electrons. The summed E-state index contributed by atoms with van der Waals surface area (Å²) in [6.07, 6.45) is 0.566. The van der Waals surface area contributed by atoms with Crippen LogP contribution in [0.2, 0.25) is 5.02 Å². The van der Waals surface area contributed by atoms with Crippen LogP contribution in [0.15, 0.2) is 41.3 Å². The van der Waals surface area contributed by atoms with E-state index < -0.39 is 15.9 Å². The second-order valence-electron chi connectivity index (χ2n) is 6.23. The molecule has 2 aromatic carbocycles. The lowest BCUT2D eigenvalue weighted by molar-refractivity contribution is 0.0954. The molecule has 8 nitrogen and oxygen atoms in total. The van der Waals surface area contributed by atoms with Crippen molar-refractivity contribution in [2.24, 2.45) is 0 Å². The van der Waals surface area contributed by atoms with Crippen molar-refractivity contribution in [2.75, 3.05) is 33.6 Å². The molecule has 1 aliphatic rings. The van der Waals surface area contributed by atoms with Gasteiger partial charge in [0.1, 0.15) is 0 Å². The average molecular weight is 441 g/mol. The monoisotopic (exact) mass is 440 g/mol. The summed E-state index contributed by atoms with van der Waals surface area (Å²) >= 11 is 6.10. The van der Waals surface area contributed by atoms with Crippen LogP contribution in [0.3, 0.4) is 0 Å². The second kappa shape index (κ2) is 9.45. The molecule has 29 heavy (non-hydrogen) atoms. The second-order valence-corrected chi connectivity index (χ2v) is 8.40. The zero-order chi connectivity index (χ0) is 20.9. The van der Waals surface area contributed by atoms with Gasteiger partial charge < -0.3 is 19.5 Å². The lowest BCUT2D eigenvalue weighted by Gasteiger charge is -2.10. The molecule has 0 atom stereocenters. The zero-order valence-corrected chi connectivity index (χ0v) is 17.3. The Kier molecular flexibility index (Phi) is 6.96. The highest BCUT2D eigenvalue weighted by molar-refractivity contribution is 7.89. The molecule has 0 bridgehead atoms. The number of fused-ring (bicyclic) bond motifs is 1. The van der Waals surface area contributed by atoms with E-state index >= 15 is 0 Å². The topological polar surface area (TPSA) is 103 Å². The van der Waals surface area contributed by atoms with Gasteiger partial charge in [-0.05, 0) is 42.3 Å². The van der Waals surface area contributed by atoms with Crippen LogP contribution in [-0.4, -0.2) is 47.9 Å². The van der Waals surface area contributed by atoms with Crippen LogP contribution >= 0.6 is 11.6 Å². The van der Waals surface area contributed by atoms with Crippen LogP contribution in [0.4, 0.5) is 0 Å². The van der Waals surface area contributed by atoms with Gasteiger partial charge in [-0.15, -0.1) is 0 Å². The first-order valence-electron chi connectivity index (χ1n) is 8.85. The van der Waals surface area contributed by atoms with E-state index in [4.69, 9.17) is 25.8 Å². The van der Waals surface area contributed by atoms with Gasteiger partial charge in [0, 0.05) is 20.2 Å². The Hall–Kier alpha value is -2.33. The van der Waals surface area contributed by atoms with Crippen LogP contribution in [0.5, 0.6) is 11.5 Å². The molecule has 0 aliphatic carbocycles. The summed E-state index contributed by atoms with van der Waals surface area (Å²) in [6.45, 7) is 0.907. The largest absolute Gasteiger partial charge is 0.454 e. The fourth-order valence-corrected chi connectivity index (χ4v) is 3.96. The number of hydrogen-bond donors (Lipinski definition) is 2. The molecule has 0 fully saturated rings. The highest BCUT2D eigenvalue weighted by Crippen LogP contribution is 2.32. The number of methoxy groups -OCH3 is 1. The molecule has 0 saturated heterocycles. The number of rotatable bonds is 9. The van der Waals surface area contributed by atoms with E-state index in [1.54, 1.807) is 0 Å². The Balaban J connectivity index is 1.62. The van der Waals surface area contributed by atoms with Crippen LogP contribution in [-0.2, 0) is 21.2 Å². The first-order chi connectivity index (χ1) is 13.9. The maximum absolute atomic E-state index is 12.5. The van der Waals surface area contributed by atoms with Gasteiger partial charge in [0.05, 0.1) is 22.1 Å². The van der Waals surface area contributed by atoms with Crippen molar-refractivity contribution in [2.45, 2.75) is 11.3 Å².